The van der Waals surface area contributed by atoms with Crippen molar-refractivity contribution >= 4 is 11.7 Å². The highest BCUT2D eigenvalue weighted by atomic mass is 16.5. The Morgan fingerprint density at radius 2 is 2.00 bits per heavy atom. The average molecular weight is 410 g/mol. The Hall–Kier alpha value is -1.71. The van der Waals surface area contributed by atoms with Gasteiger partial charge in [0.05, 0.1) is 51.8 Å². The molecule has 164 valence electrons. The molecule has 0 aliphatic carbocycles. The number of urea groups is 1. The number of morpholine rings is 1. The van der Waals surface area contributed by atoms with Crippen LogP contribution in [0, 0.1) is 0 Å². The van der Waals surface area contributed by atoms with Gasteiger partial charge >= 0.3 is 6.03 Å². The molecule has 8 heteroatoms. The van der Waals surface area contributed by atoms with Gasteiger partial charge in [0.15, 0.2) is 0 Å². The van der Waals surface area contributed by atoms with E-state index in [1.54, 1.807) is 7.05 Å². The second-order valence-corrected chi connectivity index (χ2v) is 7.50. The number of rotatable bonds is 11. The van der Waals surface area contributed by atoms with E-state index in [-0.39, 0.29) is 25.3 Å². The number of hydrogen-bond acceptors (Lipinski definition) is 6. The zero-order chi connectivity index (χ0) is 21.1. The smallest absolute Gasteiger partial charge is 0.321 e. The fraction of sp³-hybridized carbons (Fsp3) is 0.667. The fourth-order valence-electron chi connectivity index (χ4n) is 3.00. The molecule has 1 aromatic carbocycles. The summed E-state index contributed by atoms with van der Waals surface area (Å²) in [5.74, 6) is 0. The number of nitrogens with one attached hydrogen (secondary N) is 1. The van der Waals surface area contributed by atoms with Crippen molar-refractivity contribution < 1.29 is 24.1 Å². The van der Waals surface area contributed by atoms with Crippen molar-refractivity contribution in [3.8, 4) is 0 Å². The number of nitrogens with zero attached hydrogens (tertiary/aromatic N) is 2. The lowest BCUT2D eigenvalue weighted by atomic mass is 10.1. The number of hydrogen-bond donors (Lipinski definition) is 2. The molecular formula is C21H35N3O5. The lowest BCUT2D eigenvalue weighted by Gasteiger charge is -2.28. The average Bonchev–Trinajstić information content (AvgIpc) is 2.69. The topological polar surface area (TPSA) is 83.5 Å². The van der Waals surface area contributed by atoms with Crippen LogP contribution >= 0.6 is 0 Å². The van der Waals surface area contributed by atoms with Crippen LogP contribution in [0.2, 0.25) is 0 Å². The van der Waals surface area contributed by atoms with Gasteiger partial charge in [0, 0.05) is 32.4 Å². The summed E-state index contributed by atoms with van der Waals surface area (Å²) in [5, 5.41) is 13.1. The van der Waals surface area contributed by atoms with E-state index >= 15 is 0 Å². The van der Waals surface area contributed by atoms with Crippen LogP contribution in [0.1, 0.15) is 19.4 Å². The lowest BCUT2D eigenvalue weighted by molar-refractivity contribution is -0.0144. The summed E-state index contributed by atoms with van der Waals surface area (Å²) in [6.07, 6.45) is -0.599. The molecule has 0 spiro atoms. The van der Waals surface area contributed by atoms with Gasteiger partial charge in [0.1, 0.15) is 0 Å². The molecule has 1 aliphatic rings. The zero-order valence-electron chi connectivity index (χ0n) is 17.8. The fourth-order valence-corrected chi connectivity index (χ4v) is 3.00. The van der Waals surface area contributed by atoms with E-state index in [4.69, 9.17) is 14.2 Å². The number of para-hydroxylation sites is 1. The first-order valence-electron chi connectivity index (χ1n) is 10.2. The highest BCUT2D eigenvalue weighted by molar-refractivity contribution is 5.90. The molecule has 1 atom stereocenters. The van der Waals surface area contributed by atoms with Gasteiger partial charge in [-0.25, -0.2) is 4.79 Å². The van der Waals surface area contributed by atoms with E-state index in [0.29, 0.717) is 13.2 Å². The minimum atomic E-state index is -0.756. The third kappa shape index (κ3) is 9.10. The first kappa shape index (κ1) is 23.6. The predicted octanol–water partition coefficient (Wildman–Crippen LogP) is 1.78. The number of aliphatic hydroxyl groups excluding tert-OH is 1. The van der Waals surface area contributed by atoms with Gasteiger partial charge in [-0.05, 0) is 25.5 Å². The summed E-state index contributed by atoms with van der Waals surface area (Å²) in [7, 11) is 1.66. The highest BCUT2D eigenvalue weighted by Gasteiger charge is 2.17. The summed E-state index contributed by atoms with van der Waals surface area (Å²) >= 11 is 0. The summed E-state index contributed by atoms with van der Waals surface area (Å²) in [5.41, 5.74) is 1.85. The molecule has 2 amide bonds. The molecule has 29 heavy (non-hydrogen) atoms. The minimum absolute atomic E-state index is 0.157. The van der Waals surface area contributed by atoms with Crippen LogP contribution in [0.25, 0.3) is 0 Å². The first-order chi connectivity index (χ1) is 14.0. The standard InChI is InChI=1S/C21H35N3O5/c1-17(2)29-13-12-28-16-19(25)15-23(3)21(26)22-20-7-5-4-6-18(20)14-24-8-10-27-11-9-24/h4-7,17,19,25H,8-16H2,1-3H3,(H,22,26). The monoisotopic (exact) mass is 409 g/mol. The van der Waals surface area contributed by atoms with Gasteiger partial charge in [-0.1, -0.05) is 18.2 Å². The third-order valence-corrected chi connectivity index (χ3v) is 4.58. The molecule has 2 rings (SSSR count). The van der Waals surface area contributed by atoms with Crippen molar-refractivity contribution in [3.63, 3.8) is 0 Å². The van der Waals surface area contributed by atoms with Gasteiger partial charge in [-0.2, -0.15) is 0 Å². The van der Waals surface area contributed by atoms with E-state index in [1.807, 2.05) is 38.1 Å². The van der Waals surface area contributed by atoms with Crippen LogP contribution in [0.3, 0.4) is 0 Å². The summed E-state index contributed by atoms with van der Waals surface area (Å²) < 4.78 is 16.2. The molecule has 1 aliphatic heterocycles. The van der Waals surface area contributed by atoms with Crippen molar-refractivity contribution in [2.75, 3.05) is 65.0 Å². The SMILES string of the molecule is CC(C)OCCOCC(O)CN(C)C(=O)Nc1ccccc1CN1CCOCC1. The quantitative estimate of drug-likeness (QED) is 0.542. The second kappa shape index (κ2) is 12.8. The number of benzene rings is 1. The van der Waals surface area contributed by atoms with E-state index in [0.717, 1.165) is 44.1 Å². The molecule has 0 saturated carbocycles. The number of aliphatic hydroxyl groups is 1. The maximum absolute atomic E-state index is 12.6. The molecule has 8 nitrogen and oxygen atoms in total. The molecule has 0 aromatic heterocycles. The zero-order valence-corrected chi connectivity index (χ0v) is 17.8. The van der Waals surface area contributed by atoms with Crippen molar-refractivity contribution in [2.24, 2.45) is 0 Å². The lowest BCUT2D eigenvalue weighted by Crippen LogP contribution is -2.39. The van der Waals surface area contributed by atoms with E-state index in [2.05, 4.69) is 10.2 Å². The van der Waals surface area contributed by atoms with Crippen molar-refractivity contribution in [3.05, 3.63) is 29.8 Å². The Morgan fingerprint density at radius 3 is 2.72 bits per heavy atom. The van der Waals surface area contributed by atoms with Gasteiger partial charge in [0.25, 0.3) is 0 Å². The molecular weight excluding hydrogens is 374 g/mol. The second-order valence-electron chi connectivity index (χ2n) is 7.50. The molecule has 2 N–H and O–H groups in total. The van der Waals surface area contributed by atoms with Gasteiger partial charge in [-0.15, -0.1) is 0 Å². The number of anilines is 1. The number of ether oxygens (including phenoxy) is 3. The van der Waals surface area contributed by atoms with E-state index < -0.39 is 6.10 Å². The van der Waals surface area contributed by atoms with Gasteiger partial charge < -0.3 is 29.5 Å². The Kier molecular flexibility index (Phi) is 10.4. The van der Waals surface area contributed by atoms with Gasteiger partial charge in [-0.3, -0.25) is 4.90 Å². The maximum atomic E-state index is 12.6. The van der Waals surface area contributed by atoms with Crippen LogP contribution < -0.4 is 5.32 Å². The molecule has 1 heterocycles. The molecule has 1 fully saturated rings. The van der Waals surface area contributed by atoms with Crippen molar-refractivity contribution in [1.82, 2.24) is 9.80 Å². The summed E-state index contributed by atoms with van der Waals surface area (Å²) in [6.45, 7) is 9.17. The molecule has 0 bridgehead atoms. The Balaban J connectivity index is 1.77. The Labute approximate surface area is 173 Å². The number of carbonyl (C=O) groups excluding carboxylic acids is 1. The van der Waals surface area contributed by atoms with Crippen LogP contribution in [-0.2, 0) is 20.8 Å². The van der Waals surface area contributed by atoms with E-state index in [9.17, 15) is 9.90 Å². The van der Waals surface area contributed by atoms with E-state index in [1.165, 1.54) is 4.90 Å². The molecule has 1 unspecified atom stereocenters. The first-order valence-corrected chi connectivity index (χ1v) is 10.2. The van der Waals surface area contributed by atoms with Crippen molar-refractivity contribution in [1.29, 1.82) is 0 Å². The Bertz CT molecular complexity index is 608. The van der Waals surface area contributed by atoms with Crippen LogP contribution in [0.5, 0.6) is 0 Å². The third-order valence-electron chi connectivity index (χ3n) is 4.58. The van der Waals surface area contributed by atoms with Crippen molar-refractivity contribution in [2.45, 2.75) is 32.6 Å². The highest BCUT2D eigenvalue weighted by Crippen LogP contribution is 2.18. The summed E-state index contributed by atoms with van der Waals surface area (Å²) in [6, 6.07) is 7.53. The van der Waals surface area contributed by atoms with Crippen LogP contribution in [-0.4, -0.2) is 92.9 Å². The number of amides is 2. The predicted molar refractivity (Wildman–Crippen MR) is 112 cm³/mol. The summed E-state index contributed by atoms with van der Waals surface area (Å²) in [4.78, 5) is 16.3. The molecule has 1 aromatic rings. The normalized spacial score (nSPS) is 16.0. The molecule has 0 radical (unpaired) electrons. The van der Waals surface area contributed by atoms with Crippen LogP contribution in [0.4, 0.5) is 10.5 Å². The minimum Gasteiger partial charge on any atom is -0.389 e. The number of carbonyl (C=O) groups is 1. The largest absolute Gasteiger partial charge is 0.389 e. The molecule has 1 saturated heterocycles. The van der Waals surface area contributed by atoms with Crippen LogP contribution in [0.15, 0.2) is 24.3 Å². The maximum Gasteiger partial charge on any atom is 0.321 e. The van der Waals surface area contributed by atoms with Gasteiger partial charge in [0.2, 0.25) is 0 Å². The Morgan fingerprint density at radius 1 is 1.28 bits per heavy atom. The number of likely N-dealkylation sites (N-methyl/N-ethyl adjacent to an activating group) is 1.